The van der Waals surface area contributed by atoms with E-state index in [1.807, 2.05) is 67.9 Å². The number of nitrogens with two attached hydrogens (primary N) is 1. The molecule has 1 aromatic heterocycles. The predicted octanol–water partition coefficient (Wildman–Crippen LogP) is 6.79. The minimum absolute atomic E-state index is 0.0575. The van der Waals surface area contributed by atoms with Gasteiger partial charge in [-0.3, -0.25) is 4.79 Å². The Morgan fingerprint density at radius 2 is 1.94 bits per heavy atom. The zero-order chi connectivity index (χ0) is 25.8. The second-order valence-electron chi connectivity index (χ2n) is 10.0. The molecule has 2 N–H and O–H groups in total. The highest BCUT2D eigenvalue weighted by molar-refractivity contribution is 8.00. The van der Waals surface area contributed by atoms with Crippen molar-refractivity contribution in [1.29, 1.82) is 0 Å². The molecule has 0 radical (unpaired) electrons. The van der Waals surface area contributed by atoms with Crippen molar-refractivity contribution in [1.82, 2.24) is 9.88 Å². The number of pyridine rings is 1. The number of halogens is 1. The summed E-state index contributed by atoms with van der Waals surface area (Å²) in [6.45, 7) is 6.82. The van der Waals surface area contributed by atoms with Gasteiger partial charge < -0.3 is 10.6 Å². The highest BCUT2D eigenvalue weighted by atomic mass is 32.2. The average Bonchev–Trinajstić information content (AvgIpc) is 3.38. The van der Waals surface area contributed by atoms with Gasteiger partial charge in [0.15, 0.2) is 0 Å². The molecule has 0 bridgehead atoms. The normalized spacial score (nSPS) is 16.2. The van der Waals surface area contributed by atoms with E-state index in [2.05, 4.69) is 18.0 Å². The molecule has 0 saturated carbocycles. The van der Waals surface area contributed by atoms with Crippen LogP contribution in [0.5, 0.6) is 0 Å². The summed E-state index contributed by atoms with van der Waals surface area (Å²) < 4.78 is 14.1. The smallest absolute Gasteiger partial charge is 0.253 e. The lowest BCUT2D eigenvalue weighted by Crippen LogP contribution is -2.32. The summed E-state index contributed by atoms with van der Waals surface area (Å²) in [5.74, 6) is 1.82. The maximum Gasteiger partial charge on any atom is 0.253 e. The summed E-state index contributed by atoms with van der Waals surface area (Å²) in [6, 6.07) is 13.2. The zero-order valence-corrected chi connectivity index (χ0v) is 22.5. The van der Waals surface area contributed by atoms with Crippen molar-refractivity contribution >= 4 is 23.5 Å². The van der Waals surface area contributed by atoms with Gasteiger partial charge in [0.25, 0.3) is 5.91 Å². The Kier molecular flexibility index (Phi) is 8.35. The van der Waals surface area contributed by atoms with Crippen molar-refractivity contribution in [2.75, 3.05) is 25.1 Å². The standard InChI is InChI=1S/C30H36FN3OS/c1-19(28-20(2)8-14-27(31)21(28)3)7-9-24-16-25(17-33-29(24)32)22-10-12-23(13-11-22)30(35)34(4)18-26-6-5-15-36-26/h8,10-14,16-17,19,26H,5-7,9,15,18H2,1-4H3,(H2,32,33)/t19?,26-/m0/s1. The molecule has 2 heterocycles. The van der Waals surface area contributed by atoms with Gasteiger partial charge in [-0.2, -0.15) is 11.8 Å². The van der Waals surface area contributed by atoms with E-state index in [4.69, 9.17) is 5.73 Å². The topological polar surface area (TPSA) is 59.2 Å². The molecule has 190 valence electrons. The van der Waals surface area contributed by atoms with Crippen LogP contribution in [0.2, 0.25) is 0 Å². The fraction of sp³-hybridized carbons (Fsp3) is 0.400. The van der Waals surface area contributed by atoms with Gasteiger partial charge >= 0.3 is 0 Å². The van der Waals surface area contributed by atoms with Crippen LogP contribution in [0.25, 0.3) is 11.1 Å². The van der Waals surface area contributed by atoms with E-state index in [1.54, 1.807) is 6.20 Å². The maximum atomic E-state index is 14.1. The number of nitrogen functional groups attached to an aromatic ring is 1. The van der Waals surface area contributed by atoms with Gasteiger partial charge in [0.05, 0.1) is 0 Å². The number of hydrogen-bond donors (Lipinski definition) is 1. The molecule has 4 rings (SSSR count). The minimum atomic E-state index is -0.156. The SMILES string of the molecule is Cc1ccc(F)c(C)c1C(C)CCc1cc(-c2ccc(C(=O)N(C)C[C@@H]3CCCS3)cc2)cnc1N. The number of carbonyl (C=O) groups is 1. The van der Waals surface area contributed by atoms with Crippen LogP contribution in [-0.4, -0.2) is 40.4 Å². The third-order valence-electron chi connectivity index (χ3n) is 7.32. The molecular weight excluding hydrogens is 469 g/mol. The first-order chi connectivity index (χ1) is 17.2. The van der Waals surface area contributed by atoms with Gasteiger partial charge in [0.1, 0.15) is 11.6 Å². The van der Waals surface area contributed by atoms with E-state index in [1.165, 1.54) is 24.7 Å². The van der Waals surface area contributed by atoms with E-state index in [0.717, 1.165) is 52.8 Å². The molecule has 36 heavy (non-hydrogen) atoms. The quantitative estimate of drug-likeness (QED) is 0.366. The van der Waals surface area contributed by atoms with Gasteiger partial charge in [-0.05, 0) is 103 Å². The molecule has 0 spiro atoms. The molecule has 0 aliphatic carbocycles. The molecule has 2 aromatic carbocycles. The first-order valence-corrected chi connectivity index (χ1v) is 13.8. The number of nitrogens with zero attached hydrogens (tertiary/aromatic N) is 2. The number of carbonyl (C=O) groups excluding carboxylic acids is 1. The van der Waals surface area contributed by atoms with Gasteiger partial charge in [0, 0.05) is 36.2 Å². The maximum absolute atomic E-state index is 14.1. The molecule has 1 saturated heterocycles. The number of amides is 1. The van der Waals surface area contributed by atoms with Gasteiger partial charge in [-0.1, -0.05) is 25.1 Å². The second kappa shape index (κ2) is 11.5. The molecule has 3 aromatic rings. The van der Waals surface area contributed by atoms with Crippen LogP contribution in [-0.2, 0) is 6.42 Å². The molecule has 2 atom stereocenters. The van der Waals surface area contributed by atoms with Crippen molar-refractivity contribution in [3.8, 4) is 11.1 Å². The highest BCUT2D eigenvalue weighted by Gasteiger charge is 2.21. The lowest BCUT2D eigenvalue weighted by atomic mass is 9.87. The Hall–Kier alpha value is -2.86. The lowest BCUT2D eigenvalue weighted by Gasteiger charge is -2.21. The number of aromatic nitrogens is 1. The molecule has 1 amide bonds. The van der Waals surface area contributed by atoms with Crippen molar-refractivity contribution < 1.29 is 9.18 Å². The van der Waals surface area contributed by atoms with Crippen molar-refractivity contribution in [2.24, 2.45) is 0 Å². The number of anilines is 1. The molecule has 1 unspecified atom stereocenters. The van der Waals surface area contributed by atoms with Crippen LogP contribution in [0.4, 0.5) is 10.2 Å². The molecule has 1 fully saturated rings. The largest absolute Gasteiger partial charge is 0.383 e. The third-order valence-corrected chi connectivity index (χ3v) is 8.70. The summed E-state index contributed by atoms with van der Waals surface area (Å²) in [5.41, 5.74) is 12.8. The number of rotatable bonds is 8. The van der Waals surface area contributed by atoms with Crippen LogP contribution in [0.3, 0.4) is 0 Å². The fourth-order valence-corrected chi connectivity index (χ4v) is 6.52. The first-order valence-electron chi connectivity index (χ1n) is 12.7. The molecule has 1 aliphatic heterocycles. The van der Waals surface area contributed by atoms with Gasteiger partial charge in [-0.15, -0.1) is 0 Å². The van der Waals surface area contributed by atoms with Crippen LogP contribution in [0, 0.1) is 19.7 Å². The lowest BCUT2D eigenvalue weighted by molar-refractivity contribution is 0.0795. The second-order valence-corrected chi connectivity index (χ2v) is 11.4. The number of thioether (sulfide) groups is 1. The van der Waals surface area contributed by atoms with Crippen LogP contribution >= 0.6 is 11.8 Å². The Balaban J connectivity index is 1.44. The monoisotopic (exact) mass is 505 g/mol. The molecule has 6 heteroatoms. The van der Waals surface area contributed by atoms with Crippen molar-refractivity contribution in [3.05, 3.63) is 82.3 Å². The van der Waals surface area contributed by atoms with Gasteiger partial charge in [0.2, 0.25) is 0 Å². The van der Waals surface area contributed by atoms with Crippen LogP contribution in [0.15, 0.2) is 48.7 Å². The Morgan fingerprint density at radius 3 is 2.64 bits per heavy atom. The number of benzene rings is 2. The Labute approximate surface area is 218 Å². The first kappa shape index (κ1) is 26.2. The summed E-state index contributed by atoms with van der Waals surface area (Å²) in [5, 5.41) is 0.550. The van der Waals surface area contributed by atoms with E-state index >= 15 is 0 Å². The molecular formula is C30H36FN3OS. The van der Waals surface area contributed by atoms with Crippen LogP contribution < -0.4 is 5.73 Å². The average molecular weight is 506 g/mol. The number of hydrogen-bond acceptors (Lipinski definition) is 4. The van der Waals surface area contributed by atoms with Crippen molar-refractivity contribution in [2.45, 2.75) is 57.6 Å². The summed E-state index contributed by atoms with van der Waals surface area (Å²) in [7, 11) is 1.89. The van der Waals surface area contributed by atoms with E-state index in [-0.39, 0.29) is 17.6 Å². The predicted molar refractivity (Wildman–Crippen MR) is 149 cm³/mol. The van der Waals surface area contributed by atoms with Crippen molar-refractivity contribution in [3.63, 3.8) is 0 Å². The summed E-state index contributed by atoms with van der Waals surface area (Å²) in [4.78, 5) is 19.2. The van der Waals surface area contributed by atoms with E-state index < -0.39 is 0 Å². The van der Waals surface area contributed by atoms with Crippen LogP contribution in [0.1, 0.15) is 64.7 Å². The summed E-state index contributed by atoms with van der Waals surface area (Å²) in [6.07, 6.45) is 5.81. The molecule has 4 nitrogen and oxygen atoms in total. The van der Waals surface area contributed by atoms with E-state index in [9.17, 15) is 9.18 Å². The Morgan fingerprint density at radius 1 is 1.19 bits per heavy atom. The Bertz CT molecular complexity index is 1220. The van der Waals surface area contributed by atoms with E-state index in [0.29, 0.717) is 16.6 Å². The fourth-order valence-electron chi connectivity index (χ4n) is 5.19. The highest BCUT2D eigenvalue weighted by Crippen LogP contribution is 2.31. The number of aryl methyl sites for hydroxylation is 2. The molecule has 1 aliphatic rings. The minimum Gasteiger partial charge on any atom is -0.383 e. The third kappa shape index (κ3) is 5.92. The summed E-state index contributed by atoms with van der Waals surface area (Å²) >= 11 is 1.96. The van der Waals surface area contributed by atoms with Gasteiger partial charge in [-0.25, -0.2) is 9.37 Å². The zero-order valence-electron chi connectivity index (χ0n) is 21.7.